The number of aliphatic hydroxyl groups excluding tert-OH is 1. The van der Waals surface area contributed by atoms with E-state index in [-0.39, 0.29) is 22.2 Å². The van der Waals surface area contributed by atoms with Gasteiger partial charge in [0.05, 0.1) is 19.3 Å². The van der Waals surface area contributed by atoms with Gasteiger partial charge in [-0.1, -0.05) is 42.2 Å². The normalized spacial score (nSPS) is 18.1. The molecule has 1 heterocycles. The minimum Gasteiger partial charge on any atom is -0.465 e. The molecule has 2 rings (SSSR count). The molecule has 1 aromatic rings. The van der Waals surface area contributed by atoms with Crippen LogP contribution in [-0.4, -0.2) is 35.3 Å². The van der Waals surface area contributed by atoms with Crippen molar-refractivity contribution in [1.82, 2.24) is 4.98 Å². The van der Waals surface area contributed by atoms with Crippen molar-refractivity contribution in [2.45, 2.75) is 37.6 Å². The second kappa shape index (κ2) is 6.07. The first-order chi connectivity index (χ1) is 9.10. The van der Waals surface area contributed by atoms with Gasteiger partial charge >= 0.3 is 5.97 Å². The third-order valence-corrected chi connectivity index (χ3v) is 4.78. The lowest BCUT2D eigenvalue weighted by atomic mass is 9.82. The highest BCUT2D eigenvalue weighted by Gasteiger charge is 2.32. The molecule has 1 aliphatic rings. The first-order valence-electron chi connectivity index (χ1n) is 6.24. The summed E-state index contributed by atoms with van der Waals surface area (Å²) in [5, 5.41) is 13.6. The minimum absolute atomic E-state index is 0.0533. The second-order valence-corrected chi connectivity index (χ2v) is 6.11. The minimum atomic E-state index is -0.489. The summed E-state index contributed by atoms with van der Waals surface area (Å²) in [6.45, 7) is 0.0533. The Morgan fingerprint density at radius 1 is 1.53 bits per heavy atom. The van der Waals surface area contributed by atoms with Crippen LogP contribution in [0.2, 0.25) is 5.15 Å². The van der Waals surface area contributed by atoms with Gasteiger partial charge in [0.1, 0.15) is 0 Å². The maximum atomic E-state index is 11.5. The summed E-state index contributed by atoms with van der Waals surface area (Å²) in [4.78, 5) is 15.9. The lowest BCUT2D eigenvalue weighted by Gasteiger charge is -2.36. The molecule has 1 saturated carbocycles. The van der Waals surface area contributed by atoms with Gasteiger partial charge in [-0.2, -0.15) is 0 Å². The zero-order chi connectivity index (χ0) is 13.9. The van der Waals surface area contributed by atoms with Crippen LogP contribution in [0.3, 0.4) is 0 Å². The Kier molecular flexibility index (Phi) is 4.65. The van der Waals surface area contributed by atoms with Crippen LogP contribution in [0.5, 0.6) is 0 Å². The standard InChI is InChI=1S/C12H17ClN2O3S/c1-18-10(17)8-9(13)14-11(19-8)15-12(7-16)5-3-2-4-6-12/h16H,2-7H2,1H3,(H,14,15). The van der Waals surface area contributed by atoms with E-state index in [1.807, 2.05) is 0 Å². The summed E-state index contributed by atoms with van der Waals surface area (Å²) in [6.07, 6.45) is 5.14. The fraction of sp³-hybridized carbons (Fsp3) is 0.667. The van der Waals surface area contributed by atoms with E-state index in [1.165, 1.54) is 13.5 Å². The molecule has 0 amide bonds. The molecule has 0 radical (unpaired) electrons. The summed E-state index contributed by atoms with van der Waals surface area (Å²) in [5.41, 5.74) is -0.340. The molecule has 1 aromatic heterocycles. The Balaban J connectivity index is 2.16. The first kappa shape index (κ1) is 14.6. The first-order valence-corrected chi connectivity index (χ1v) is 7.43. The molecule has 0 bridgehead atoms. The second-order valence-electron chi connectivity index (χ2n) is 4.75. The number of anilines is 1. The van der Waals surface area contributed by atoms with Crippen LogP contribution in [0.15, 0.2) is 0 Å². The predicted octanol–water partition coefficient (Wildman–Crippen LogP) is 2.69. The maximum absolute atomic E-state index is 11.5. The highest BCUT2D eigenvalue weighted by molar-refractivity contribution is 7.18. The molecular weight excluding hydrogens is 288 g/mol. The molecule has 1 fully saturated rings. The Morgan fingerprint density at radius 2 is 2.21 bits per heavy atom. The number of rotatable bonds is 4. The van der Waals surface area contributed by atoms with Gasteiger partial charge in [-0.05, 0) is 12.8 Å². The van der Waals surface area contributed by atoms with Crippen LogP contribution in [0.1, 0.15) is 41.8 Å². The number of nitrogens with one attached hydrogen (secondary N) is 1. The van der Waals surface area contributed by atoms with E-state index in [9.17, 15) is 9.90 Å². The third-order valence-electron chi connectivity index (χ3n) is 3.44. The number of carbonyl (C=O) groups excluding carboxylic acids is 1. The van der Waals surface area contributed by atoms with Crippen molar-refractivity contribution in [1.29, 1.82) is 0 Å². The van der Waals surface area contributed by atoms with Gasteiger partial charge in [-0.15, -0.1) is 0 Å². The van der Waals surface area contributed by atoms with Crippen LogP contribution >= 0.6 is 22.9 Å². The molecule has 2 N–H and O–H groups in total. The molecule has 0 saturated heterocycles. The highest BCUT2D eigenvalue weighted by atomic mass is 35.5. The Hall–Kier alpha value is -0.850. The molecule has 106 valence electrons. The number of hydrogen-bond acceptors (Lipinski definition) is 6. The molecule has 0 spiro atoms. The quantitative estimate of drug-likeness (QED) is 0.837. The number of aromatic nitrogens is 1. The molecule has 0 atom stereocenters. The Bertz CT molecular complexity index is 458. The largest absolute Gasteiger partial charge is 0.465 e. The summed E-state index contributed by atoms with van der Waals surface area (Å²) < 4.78 is 4.64. The van der Waals surface area contributed by atoms with Crippen molar-refractivity contribution >= 4 is 34.0 Å². The molecule has 0 unspecified atom stereocenters. The summed E-state index contributed by atoms with van der Waals surface area (Å²) >= 11 is 7.08. The fourth-order valence-electron chi connectivity index (χ4n) is 2.35. The van der Waals surface area contributed by atoms with E-state index in [0.29, 0.717) is 5.13 Å². The number of aliphatic hydroxyl groups is 1. The monoisotopic (exact) mass is 304 g/mol. The van der Waals surface area contributed by atoms with Crippen LogP contribution in [0.4, 0.5) is 5.13 Å². The number of thiazole rings is 1. The number of nitrogens with zero attached hydrogens (tertiary/aromatic N) is 1. The zero-order valence-corrected chi connectivity index (χ0v) is 12.3. The number of carbonyl (C=O) groups is 1. The Labute approximate surface area is 120 Å². The van der Waals surface area contributed by atoms with Gasteiger partial charge in [0.2, 0.25) is 0 Å². The molecule has 19 heavy (non-hydrogen) atoms. The van der Waals surface area contributed by atoms with Crippen LogP contribution < -0.4 is 5.32 Å². The lowest BCUT2D eigenvalue weighted by molar-refractivity contribution is 0.0606. The number of methoxy groups -OCH3 is 1. The van der Waals surface area contributed by atoms with Gasteiger partial charge < -0.3 is 15.2 Å². The van der Waals surface area contributed by atoms with E-state index in [2.05, 4.69) is 15.0 Å². The van der Waals surface area contributed by atoms with Gasteiger partial charge in [0, 0.05) is 0 Å². The van der Waals surface area contributed by atoms with Crippen LogP contribution in [0.25, 0.3) is 0 Å². The topological polar surface area (TPSA) is 71.5 Å². The zero-order valence-electron chi connectivity index (χ0n) is 10.7. The van der Waals surface area contributed by atoms with Gasteiger partial charge in [-0.25, -0.2) is 9.78 Å². The third kappa shape index (κ3) is 3.19. The summed E-state index contributed by atoms with van der Waals surface area (Å²) in [6, 6.07) is 0. The number of ether oxygens (including phenoxy) is 1. The SMILES string of the molecule is COC(=O)c1sc(NC2(CO)CCCCC2)nc1Cl. The number of halogens is 1. The van der Waals surface area contributed by atoms with Crippen molar-refractivity contribution in [2.75, 3.05) is 19.0 Å². The number of esters is 1. The molecule has 0 aromatic carbocycles. The maximum Gasteiger partial charge on any atom is 0.351 e. The van der Waals surface area contributed by atoms with Crippen LogP contribution in [0, 0.1) is 0 Å². The number of hydrogen-bond donors (Lipinski definition) is 2. The van der Waals surface area contributed by atoms with E-state index in [0.717, 1.165) is 37.0 Å². The molecule has 5 nitrogen and oxygen atoms in total. The molecule has 1 aliphatic carbocycles. The summed E-state index contributed by atoms with van der Waals surface area (Å²) in [5.74, 6) is -0.489. The van der Waals surface area contributed by atoms with Crippen molar-refractivity contribution < 1.29 is 14.6 Å². The average molecular weight is 305 g/mol. The van der Waals surface area contributed by atoms with Crippen molar-refractivity contribution in [3.63, 3.8) is 0 Å². The van der Waals surface area contributed by atoms with Gasteiger partial charge in [0.15, 0.2) is 15.2 Å². The lowest BCUT2D eigenvalue weighted by Crippen LogP contribution is -2.43. The van der Waals surface area contributed by atoms with E-state index >= 15 is 0 Å². The van der Waals surface area contributed by atoms with Crippen molar-refractivity contribution in [3.05, 3.63) is 10.0 Å². The van der Waals surface area contributed by atoms with Crippen LogP contribution in [-0.2, 0) is 4.74 Å². The van der Waals surface area contributed by atoms with Gasteiger partial charge in [-0.3, -0.25) is 0 Å². The molecule has 0 aliphatic heterocycles. The van der Waals surface area contributed by atoms with Crippen molar-refractivity contribution in [2.24, 2.45) is 0 Å². The fourth-order valence-corrected chi connectivity index (χ4v) is 3.57. The predicted molar refractivity (Wildman–Crippen MR) is 75.0 cm³/mol. The smallest absolute Gasteiger partial charge is 0.351 e. The highest BCUT2D eigenvalue weighted by Crippen LogP contribution is 2.35. The average Bonchev–Trinajstić information content (AvgIpc) is 2.79. The van der Waals surface area contributed by atoms with E-state index < -0.39 is 5.97 Å². The molecular formula is C12H17ClN2O3S. The molecule has 7 heteroatoms. The Morgan fingerprint density at radius 3 is 2.79 bits per heavy atom. The van der Waals surface area contributed by atoms with Crippen molar-refractivity contribution in [3.8, 4) is 0 Å². The summed E-state index contributed by atoms with van der Waals surface area (Å²) in [7, 11) is 1.31. The van der Waals surface area contributed by atoms with Gasteiger partial charge in [0.25, 0.3) is 0 Å². The van der Waals surface area contributed by atoms with E-state index in [1.54, 1.807) is 0 Å². The van der Waals surface area contributed by atoms with E-state index in [4.69, 9.17) is 11.6 Å².